The molecule has 4 aromatic rings. The van der Waals surface area contributed by atoms with Crippen molar-refractivity contribution in [1.82, 2.24) is 4.57 Å². The molecule has 0 spiro atoms. The molecule has 0 aliphatic rings. The molecule has 0 radical (unpaired) electrons. The number of halogens is 3. The van der Waals surface area contributed by atoms with Crippen molar-refractivity contribution >= 4 is 52.1 Å². The first-order chi connectivity index (χ1) is 16.7. The Kier molecular flexibility index (Phi) is 11.7. The molecule has 0 aliphatic heterocycles. The number of nitrogens with zero attached hydrogens (tertiary/aromatic N) is 1. The fraction of sp³-hybridized carbons (Fsp3) is 0.0769. The summed E-state index contributed by atoms with van der Waals surface area (Å²) in [5.74, 6) is -2.87. The van der Waals surface area contributed by atoms with Crippen LogP contribution in [0.1, 0.15) is 27.0 Å². The maximum atomic E-state index is 14.2. The molecular formula is C26H16Cl2FNNa2O5. The minimum atomic E-state index is -1.42. The fourth-order valence-corrected chi connectivity index (χ4v) is 4.11. The Morgan fingerprint density at radius 3 is 2.35 bits per heavy atom. The monoisotopic (exact) mass is 557 g/mol. The number of carboxylic acids is 2. The van der Waals surface area contributed by atoms with E-state index in [1.807, 2.05) is 0 Å². The van der Waals surface area contributed by atoms with E-state index in [0.29, 0.717) is 38.4 Å². The summed E-state index contributed by atoms with van der Waals surface area (Å²) in [5.41, 5.74) is 1.75. The van der Waals surface area contributed by atoms with E-state index in [2.05, 4.69) is 0 Å². The second-order valence-electron chi connectivity index (χ2n) is 7.63. The van der Waals surface area contributed by atoms with Crippen LogP contribution in [0.25, 0.3) is 17.0 Å². The van der Waals surface area contributed by atoms with Crippen molar-refractivity contribution < 1.29 is 88.0 Å². The molecule has 0 N–H and O–H groups in total. The standard InChI is InChI=1S/C26H18Cl2FNO5.2Na/c27-18-7-8-23(35-14-16-4-6-19(28)11-21(16)29)17(10-18)13-30-12-15(5-9-24(31)32)25-20(26(33)34)2-1-3-22(25)30;;/h1-12H,13-14H2,(H,31,32)(H,33,34);;/q;2*+1/p-2/b9-5+;;. The van der Waals surface area contributed by atoms with E-state index < -0.39 is 17.8 Å². The molecule has 1 aromatic heterocycles. The molecule has 4 rings (SSSR count). The Morgan fingerprint density at radius 2 is 1.68 bits per heavy atom. The van der Waals surface area contributed by atoms with Crippen LogP contribution in [0.4, 0.5) is 4.39 Å². The van der Waals surface area contributed by atoms with Gasteiger partial charge >= 0.3 is 59.1 Å². The molecular weight excluding hydrogens is 542 g/mol. The molecule has 0 amide bonds. The number of carboxylic acid groups (broad SMARTS) is 2. The summed E-state index contributed by atoms with van der Waals surface area (Å²) in [7, 11) is 0. The van der Waals surface area contributed by atoms with Crippen LogP contribution >= 0.6 is 23.2 Å². The minimum Gasteiger partial charge on any atom is -0.545 e. The van der Waals surface area contributed by atoms with Gasteiger partial charge in [0.25, 0.3) is 0 Å². The van der Waals surface area contributed by atoms with Gasteiger partial charge in [-0.15, -0.1) is 0 Å². The first-order valence-corrected chi connectivity index (χ1v) is 11.1. The van der Waals surface area contributed by atoms with Crippen molar-refractivity contribution in [3.8, 4) is 5.75 Å². The van der Waals surface area contributed by atoms with Crippen LogP contribution in [-0.4, -0.2) is 16.5 Å². The van der Waals surface area contributed by atoms with Gasteiger partial charge < -0.3 is 29.1 Å². The number of aliphatic carboxylic acids is 1. The van der Waals surface area contributed by atoms with E-state index in [4.69, 9.17) is 27.9 Å². The third-order valence-electron chi connectivity index (χ3n) is 5.32. The van der Waals surface area contributed by atoms with Crippen molar-refractivity contribution in [3.63, 3.8) is 0 Å². The summed E-state index contributed by atoms with van der Waals surface area (Å²) in [5, 5.41) is 23.7. The summed E-state index contributed by atoms with van der Waals surface area (Å²) in [4.78, 5) is 22.6. The number of benzene rings is 3. The number of aromatic nitrogens is 1. The van der Waals surface area contributed by atoms with Gasteiger partial charge in [-0.25, -0.2) is 4.39 Å². The van der Waals surface area contributed by atoms with Crippen molar-refractivity contribution in [2.24, 2.45) is 0 Å². The van der Waals surface area contributed by atoms with Crippen LogP contribution in [0.15, 0.2) is 66.9 Å². The van der Waals surface area contributed by atoms with Gasteiger partial charge in [-0.05, 0) is 42.5 Å². The summed E-state index contributed by atoms with van der Waals surface area (Å²) < 4.78 is 21.8. The van der Waals surface area contributed by atoms with Gasteiger partial charge in [0.15, 0.2) is 0 Å². The van der Waals surface area contributed by atoms with Gasteiger partial charge in [0.05, 0.1) is 18.5 Å². The number of rotatable bonds is 8. The van der Waals surface area contributed by atoms with Crippen LogP contribution in [0, 0.1) is 5.82 Å². The van der Waals surface area contributed by atoms with Crippen LogP contribution in [0.2, 0.25) is 10.0 Å². The van der Waals surface area contributed by atoms with E-state index >= 15 is 0 Å². The average Bonchev–Trinajstić information content (AvgIpc) is 3.15. The smallest absolute Gasteiger partial charge is 0.545 e. The zero-order chi connectivity index (χ0) is 25.1. The van der Waals surface area contributed by atoms with Crippen molar-refractivity contribution in [2.75, 3.05) is 0 Å². The Morgan fingerprint density at radius 1 is 0.973 bits per heavy atom. The van der Waals surface area contributed by atoms with E-state index in [-0.39, 0.29) is 82.9 Å². The van der Waals surface area contributed by atoms with Crippen LogP contribution < -0.4 is 74.1 Å². The fourth-order valence-electron chi connectivity index (χ4n) is 3.76. The maximum Gasteiger partial charge on any atom is 1.00 e. The molecule has 3 aromatic carbocycles. The Balaban J connectivity index is 0.00000241. The van der Waals surface area contributed by atoms with Crippen LogP contribution in [0.5, 0.6) is 5.75 Å². The van der Waals surface area contributed by atoms with Crippen molar-refractivity contribution in [3.05, 3.63) is 105 Å². The molecule has 0 atom stereocenters. The van der Waals surface area contributed by atoms with E-state index in [9.17, 15) is 24.2 Å². The summed E-state index contributed by atoms with van der Waals surface area (Å²) in [6.07, 6.45) is 3.69. The van der Waals surface area contributed by atoms with E-state index in [0.717, 1.165) is 6.08 Å². The summed E-state index contributed by atoms with van der Waals surface area (Å²) in [6, 6.07) is 13.9. The number of carbonyl (C=O) groups is 2. The van der Waals surface area contributed by atoms with Crippen molar-refractivity contribution in [1.29, 1.82) is 0 Å². The van der Waals surface area contributed by atoms with Gasteiger partial charge in [-0.3, -0.25) is 0 Å². The van der Waals surface area contributed by atoms with Gasteiger partial charge in [0.1, 0.15) is 18.2 Å². The second-order valence-corrected chi connectivity index (χ2v) is 8.50. The largest absolute Gasteiger partial charge is 1.00 e. The van der Waals surface area contributed by atoms with Gasteiger partial charge in [-0.1, -0.05) is 47.5 Å². The molecule has 0 aliphatic carbocycles. The van der Waals surface area contributed by atoms with Gasteiger partial charge in [0.2, 0.25) is 0 Å². The van der Waals surface area contributed by atoms with Gasteiger partial charge in [-0.2, -0.15) is 0 Å². The molecule has 178 valence electrons. The molecule has 37 heavy (non-hydrogen) atoms. The SMILES string of the molecule is O=C([O-])/C=C/c1cn(Cc2cc(Cl)ccc2OCc2ccc(Cl)cc2F)c2cccc(C(=O)[O-])c12.[Na+].[Na+]. The molecule has 0 bridgehead atoms. The number of fused-ring (bicyclic) bond motifs is 1. The normalized spacial score (nSPS) is 10.7. The molecule has 0 unspecified atom stereocenters. The maximum absolute atomic E-state index is 14.2. The van der Waals surface area contributed by atoms with E-state index in [1.54, 1.807) is 47.2 Å². The number of ether oxygens (including phenoxy) is 1. The average molecular weight is 558 g/mol. The predicted octanol–water partition coefficient (Wildman–Crippen LogP) is -2.15. The molecule has 0 fully saturated rings. The van der Waals surface area contributed by atoms with Crippen molar-refractivity contribution in [2.45, 2.75) is 13.2 Å². The number of aromatic carboxylic acids is 1. The second kappa shape index (κ2) is 13.8. The van der Waals surface area contributed by atoms with Crippen LogP contribution in [-0.2, 0) is 17.9 Å². The molecule has 0 saturated carbocycles. The number of carbonyl (C=O) groups excluding carboxylic acids is 2. The Hall–Kier alpha value is -1.81. The zero-order valence-corrected chi connectivity index (χ0v) is 25.5. The third kappa shape index (κ3) is 7.62. The number of hydrogen-bond acceptors (Lipinski definition) is 5. The summed E-state index contributed by atoms with van der Waals surface area (Å²) in [6.45, 7) is 0.143. The minimum absolute atomic E-state index is 0. The topological polar surface area (TPSA) is 94.4 Å². The molecule has 6 nitrogen and oxygen atoms in total. The Labute approximate surface area is 266 Å². The first-order valence-electron chi connectivity index (χ1n) is 10.3. The predicted molar refractivity (Wildman–Crippen MR) is 127 cm³/mol. The first kappa shape index (κ1) is 31.4. The molecule has 0 saturated heterocycles. The number of hydrogen-bond donors (Lipinski definition) is 0. The molecule has 1 heterocycles. The van der Waals surface area contributed by atoms with Gasteiger partial charge in [0, 0.05) is 49.4 Å². The molecule has 11 heteroatoms. The zero-order valence-electron chi connectivity index (χ0n) is 20.0. The van der Waals surface area contributed by atoms with E-state index in [1.165, 1.54) is 24.3 Å². The summed E-state index contributed by atoms with van der Waals surface area (Å²) >= 11 is 12.0. The van der Waals surface area contributed by atoms with Crippen LogP contribution in [0.3, 0.4) is 0 Å². The third-order valence-corrected chi connectivity index (χ3v) is 5.79. The Bertz CT molecular complexity index is 1490. The quantitative estimate of drug-likeness (QED) is 0.182.